The molecule has 0 radical (unpaired) electrons. The lowest BCUT2D eigenvalue weighted by atomic mass is 9.99. The van der Waals surface area contributed by atoms with Crippen LogP contribution in [0.3, 0.4) is 0 Å². The van der Waals surface area contributed by atoms with Gasteiger partial charge in [0.1, 0.15) is 5.75 Å². The fourth-order valence-corrected chi connectivity index (χ4v) is 1.89. The number of benzene rings is 2. The molecule has 3 nitrogen and oxygen atoms in total. The number of rotatable bonds is 4. The summed E-state index contributed by atoms with van der Waals surface area (Å²) >= 11 is 0. The molecule has 0 amide bonds. The largest absolute Gasteiger partial charge is 0.497 e. The molecule has 2 aromatic carbocycles. The first kappa shape index (κ1) is 13.1. The van der Waals surface area contributed by atoms with Crippen molar-refractivity contribution < 1.29 is 18.7 Å². The maximum absolute atomic E-state index is 14.2. The highest BCUT2D eigenvalue weighted by Gasteiger charge is 2.13. The van der Waals surface area contributed by atoms with Gasteiger partial charge in [-0.3, -0.25) is 4.79 Å². The van der Waals surface area contributed by atoms with Gasteiger partial charge in [0.2, 0.25) is 0 Å². The number of carbonyl (C=O) groups is 1. The minimum Gasteiger partial charge on any atom is -0.497 e. The molecule has 0 spiro atoms. The van der Waals surface area contributed by atoms with Crippen LogP contribution in [0.2, 0.25) is 0 Å². The van der Waals surface area contributed by atoms with Crippen molar-refractivity contribution in [1.82, 2.24) is 0 Å². The summed E-state index contributed by atoms with van der Waals surface area (Å²) < 4.78 is 24.2. The van der Waals surface area contributed by atoms with Crippen LogP contribution in [0.1, 0.15) is 10.4 Å². The Balaban J connectivity index is 2.61. The maximum atomic E-state index is 14.2. The van der Waals surface area contributed by atoms with E-state index in [0.717, 1.165) is 0 Å². The molecular weight excluding hydrogens is 247 g/mol. The summed E-state index contributed by atoms with van der Waals surface area (Å²) in [6.45, 7) is 0. The first-order valence-electron chi connectivity index (χ1n) is 5.67. The summed E-state index contributed by atoms with van der Waals surface area (Å²) in [6, 6.07) is 9.72. The van der Waals surface area contributed by atoms with Crippen LogP contribution in [0.5, 0.6) is 11.5 Å². The van der Waals surface area contributed by atoms with Crippen LogP contribution in [0, 0.1) is 5.82 Å². The Hall–Kier alpha value is -2.36. The highest BCUT2D eigenvalue weighted by molar-refractivity contribution is 5.88. The SMILES string of the molecule is COc1ccc(-c2cccc(OC)c2F)c(C=O)c1. The van der Waals surface area contributed by atoms with Crippen LogP contribution in [0.25, 0.3) is 11.1 Å². The molecule has 0 aliphatic rings. The third kappa shape index (κ3) is 2.42. The predicted molar refractivity (Wildman–Crippen MR) is 70.3 cm³/mol. The Morgan fingerprint density at radius 2 is 1.84 bits per heavy atom. The summed E-state index contributed by atoms with van der Waals surface area (Å²) in [5.74, 6) is 0.206. The van der Waals surface area contributed by atoms with Crippen molar-refractivity contribution in [3.8, 4) is 22.6 Å². The van der Waals surface area contributed by atoms with Crippen LogP contribution in [0.15, 0.2) is 36.4 Å². The van der Waals surface area contributed by atoms with Gasteiger partial charge in [-0.2, -0.15) is 0 Å². The number of carbonyl (C=O) groups excluding carboxylic acids is 1. The molecule has 0 bridgehead atoms. The maximum Gasteiger partial charge on any atom is 0.172 e. The lowest BCUT2D eigenvalue weighted by Crippen LogP contribution is -1.95. The van der Waals surface area contributed by atoms with E-state index in [-0.39, 0.29) is 5.75 Å². The van der Waals surface area contributed by atoms with E-state index in [2.05, 4.69) is 0 Å². The molecule has 19 heavy (non-hydrogen) atoms. The third-order valence-corrected chi connectivity index (χ3v) is 2.86. The molecule has 4 heteroatoms. The monoisotopic (exact) mass is 260 g/mol. The van der Waals surface area contributed by atoms with Crippen LogP contribution >= 0.6 is 0 Å². The van der Waals surface area contributed by atoms with Gasteiger partial charge in [0, 0.05) is 11.1 Å². The van der Waals surface area contributed by atoms with Crippen molar-refractivity contribution in [3.05, 3.63) is 47.8 Å². The van der Waals surface area contributed by atoms with Crippen LogP contribution < -0.4 is 9.47 Å². The Kier molecular flexibility index (Phi) is 3.80. The number of hydrogen-bond acceptors (Lipinski definition) is 3. The Bertz CT molecular complexity index is 608. The first-order valence-corrected chi connectivity index (χ1v) is 5.67. The standard InChI is InChI=1S/C15H13FO3/c1-18-11-6-7-12(10(8-11)9-17)13-4-3-5-14(19-2)15(13)16/h3-9H,1-2H3. The molecule has 0 fully saturated rings. The molecule has 0 aliphatic heterocycles. The third-order valence-electron chi connectivity index (χ3n) is 2.86. The van der Waals surface area contributed by atoms with E-state index in [1.165, 1.54) is 20.3 Å². The van der Waals surface area contributed by atoms with E-state index in [1.54, 1.807) is 30.3 Å². The average Bonchev–Trinajstić information content (AvgIpc) is 2.47. The number of hydrogen-bond donors (Lipinski definition) is 0. The van der Waals surface area contributed by atoms with Gasteiger partial charge >= 0.3 is 0 Å². The highest BCUT2D eigenvalue weighted by atomic mass is 19.1. The Labute approximate surface area is 110 Å². The number of aldehydes is 1. The summed E-state index contributed by atoms with van der Waals surface area (Å²) in [5.41, 5.74) is 1.20. The van der Waals surface area contributed by atoms with Gasteiger partial charge in [-0.1, -0.05) is 12.1 Å². The first-order chi connectivity index (χ1) is 9.21. The quantitative estimate of drug-likeness (QED) is 0.791. The molecule has 0 N–H and O–H groups in total. The molecule has 0 heterocycles. The van der Waals surface area contributed by atoms with Crippen molar-refractivity contribution in [3.63, 3.8) is 0 Å². The van der Waals surface area contributed by atoms with Gasteiger partial charge in [-0.25, -0.2) is 4.39 Å². The lowest BCUT2D eigenvalue weighted by Gasteiger charge is -2.10. The van der Waals surface area contributed by atoms with Crippen molar-refractivity contribution in [2.24, 2.45) is 0 Å². The lowest BCUT2D eigenvalue weighted by molar-refractivity contribution is 0.112. The molecule has 2 aromatic rings. The molecular formula is C15H13FO3. The zero-order chi connectivity index (χ0) is 13.8. The van der Waals surface area contributed by atoms with Gasteiger partial charge in [-0.05, 0) is 29.8 Å². The van der Waals surface area contributed by atoms with Crippen LogP contribution in [-0.2, 0) is 0 Å². The van der Waals surface area contributed by atoms with E-state index in [9.17, 15) is 9.18 Å². The van der Waals surface area contributed by atoms with E-state index in [4.69, 9.17) is 9.47 Å². The fourth-order valence-electron chi connectivity index (χ4n) is 1.89. The second-order valence-electron chi connectivity index (χ2n) is 3.89. The molecule has 0 atom stereocenters. The second kappa shape index (κ2) is 5.52. The van der Waals surface area contributed by atoms with Crippen LogP contribution in [-0.4, -0.2) is 20.5 Å². The summed E-state index contributed by atoms with van der Waals surface area (Å²) in [6.07, 6.45) is 0.677. The van der Waals surface area contributed by atoms with Crippen molar-refractivity contribution >= 4 is 6.29 Å². The second-order valence-corrected chi connectivity index (χ2v) is 3.89. The Morgan fingerprint density at radius 1 is 1.05 bits per heavy atom. The normalized spacial score (nSPS) is 10.1. The van der Waals surface area contributed by atoms with Crippen LogP contribution in [0.4, 0.5) is 4.39 Å². The summed E-state index contributed by atoms with van der Waals surface area (Å²) in [5, 5.41) is 0. The number of methoxy groups -OCH3 is 2. The molecule has 2 rings (SSSR count). The molecule has 0 saturated carbocycles. The van der Waals surface area contributed by atoms with Gasteiger partial charge in [0.25, 0.3) is 0 Å². The molecule has 0 unspecified atom stereocenters. The van der Waals surface area contributed by atoms with E-state index < -0.39 is 5.82 Å². The fraction of sp³-hybridized carbons (Fsp3) is 0.133. The van der Waals surface area contributed by atoms with E-state index in [1.807, 2.05) is 0 Å². The van der Waals surface area contributed by atoms with Crippen molar-refractivity contribution in [2.45, 2.75) is 0 Å². The molecule has 0 saturated heterocycles. The van der Waals surface area contributed by atoms with Gasteiger partial charge < -0.3 is 9.47 Å². The zero-order valence-corrected chi connectivity index (χ0v) is 10.6. The highest BCUT2D eigenvalue weighted by Crippen LogP contribution is 2.32. The van der Waals surface area contributed by atoms with Gasteiger partial charge in [0.05, 0.1) is 14.2 Å². The summed E-state index contributed by atoms with van der Waals surface area (Å²) in [7, 11) is 2.91. The van der Waals surface area contributed by atoms with Crippen molar-refractivity contribution in [1.29, 1.82) is 0 Å². The minimum absolute atomic E-state index is 0.144. The molecule has 98 valence electrons. The number of ether oxygens (including phenoxy) is 2. The zero-order valence-electron chi connectivity index (χ0n) is 10.6. The minimum atomic E-state index is -0.488. The molecule has 0 aromatic heterocycles. The van der Waals surface area contributed by atoms with Gasteiger partial charge in [-0.15, -0.1) is 0 Å². The van der Waals surface area contributed by atoms with Crippen molar-refractivity contribution in [2.75, 3.05) is 14.2 Å². The average molecular weight is 260 g/mol. The Morgan fingerprint density at radius 3 is 2.47 bits per heavy atom. The predicted octanol–water partition coefficient (Wildman–Crippen LogP) is 3.32. The topological polar surface area (TPSA) is 35.5 Å². The van der Waals surface area contributed by atoms with E-state index in [0.29, 0.717) is 28.7 Å². The van der Waals surface area contributed by atoms with Gasteiger partial charge in [0.15, 0.2) is 17.9 Å². The smallest absolute Gasteiger partial charge is 0.172 e. The summed E-state index contributed by atoms with van der Waals surface area (Å²) in [4.78, 5) is 11.1. The van der Waals surface area contributed by atoms with E-state index >= 15 is 0 Å². The molecule has 0 aliphatic carbocycles. The number of halogens is 1.